The Bertz CT molecular complexity index is 371. The van der Waals surface area contributed by atoms with Crippen LogP contribution in [-0.4, -0.2) is 66.7 Å². The van der Waals surface area contributed by atoms with Gasteiger partial charge < -0.3 is 19.6 Å². The third-order valence-electron chi connectivity index (χ3n) is 3.41. The summed E-state index contributed by atoms with van der Waals surface area (Å²) in [6, 6.07) is -0.250. The molecular weight excluding hydrogens is 252 g/mol. The van der Waals surface area contributed by atoms with Crippen LogP contribution < -0.4 is 0 Å². The molecule has 1 fully saturated rings. The van der Waals surface area contributed by atoms with E-state index >= 15 is 0 Å². The van der Waals surface area contributed by atoms with Gasteiger partial charge in [0.05, 0.1) is 19.4 Å². The Morgan fingerprint density at radius 2 is 2.00 bits per heavy atom. The molecule has 108 valence electrons. The molecule has 1 saturated heterocycles. The molecule has 0 spiro atoms. The highest BCUT2D eigenvalue weighted by Crippen LogP contribution is 2.23. The third kappa shape index (κ3) is 3.84. The van der Waals surface area contributed by atoms with Crippen LogP contribution >= 0.6 is 0 Å². The molecule has 0 aliphatic carbocycles. The van der Waals surface area contributed by atoms with Crippen molar-refractivity contribution < 1.29 is 24.2 Å². The number of carbonyl (C=O) groups excluding carboxylic acids is 2. The molecule has 7 heteroatoms. The van der Waals surface area contributed by atoms with Gasteiger partial charge in [-0.3, -0.25) is 9.59 Å². The molecule has 0 unspecified atom stereocenters. The van der Waals surface area contributed by atoms with Crippen molar-refractivity contribution in [1.82, 2.24) is 9.80 Å². The predicted molar refractivity (Wildman–Crippen MR) is 66.5 cm³/mol. The van der Waals surface area contributed by atoms with Crippen LogP contribution in [-0.2, 0) is 14.3 Å². The van der Waals surface area contributed by atoms with Gasteiger partial charge in [-0.15, -0.1) is 0 Å². The number of hydrogen-bond acceptors (Lipinski definition) is 4. The lowest BCUT2D eigenvalue weighted by Crippen LogP contribution is -2.41. The average molecular weight is 272 g/mol. The standard InChI is InChI=1S/C12H20N2O5/c1-8-6-14(7-9(8)11(16)17)12(18)13(2)5-4-10(15)19-3/h8-9H,4-7H2,1-3H3,(H,16,17)/t8-,9-/m1/s1. The molecule has 2 amide bonds. The van der Waals surface area contributed by atoms with Gasteiger partial charge in [-0.05, 0) is 5.92 Å². The van der Waals surface area contributed by atoms with E-state index in [4.69, 9.17) is 5.11 Å². The molecule has 0 radical (unpaired) electrons. The lowest BCUT2D eigenvalue weighted by molar-refractivity contribution is -0.142. The molecule has 1 aliphatic rings. The van der Waals surface area contributed by atoms with Crippen LogP contribution in [0.25, 0.3) is 0 Å². The van der Waals surface area contributed by atoms with Crippen molar-refractivity contribution in [3.05, 3.63) is 0 Å². The Labute approximate surface area is 112 Å². The number of rotatable bonds is 4. The smallest absolute Gasteiger partial charge is 0.319 e. The zero-order valence-corrected chi connectivity index (χ0v) is 11.5. The molecule has 2 atom stereocenters. The van der Waals surface area contributed by atoms with Gasteiger partial charge >= 0.3 is 18.0 Å². The highest BCUT2D eigenvalue weighted by Gasteiger charge is 2.37. The van der Waals surface area contributed by atoms with Gasteiger partial charge in [-0.1, -0.05) is 6.92 Å². The zero-order chi connectivity index (χ0) is 14.6. The molecule has 1 aliphatic heterocycles. The Hall–Kier alpha value is -1.79. The van der Waals surface area contributed by atoms with Crippen LogP contribution in [0.5, 0.6) is 0 Å². The highest BCUT2D eigenvalue weighted by molar-refractivity contribution is 5.78. The monoisotopic (exact) mass is 272 g/mol. The summed E-state index contributed by atoms with van der Waals surface area (Å²) in [6.45, 7) is 2.73. The quantitative estimate of drug-likeness (QED) is 0.741. The summed E-state index contributed by atoms with van der Waals surface area (Å²) < 4.78 is 4.50. The number of urea groups is 1. The molecule has 0 aromatic heterocycles. The summed E-state index contributed by atoms with van der Waals surface area (Å²) in [5, 5.41) is 9.02. The lowest BCUT2D eigenvalue weighted by atomic mass is 9.99. The second-order valence-electron chi connectivity index (χ2n) is 4.86. The Morgan fingerprint density at radius 3 is 2.47 bits per heavy atom. The Balaban J connectivity index is 2.50. The fourth-order valence-electron chi connectivity index (χ4n) is 2.14. The minimum absolute atomic E-state index is 0.0598. The summed E-state index contributed by atoms with van der Waals surface area (Å²) in [5.41, 5.74) is 0. The molecule has 0 bridgehead atoms. The topological polar surface area (TPSA) is 87.2 Å². The molecule has 0 aromatic carbocycles. The third-order valence-corrected chi connectivity index (χ3v) is 3.41. The van der Waals surface area contributed by atoms with E-state index in [0.717, 1.165) is 0 Å². The Kier molecular flexibility index (Phi) is 5.14. The number of methoxy groups -OCH3 is 1. The van der Waals surface area contributed by atoms with Gasteiger partial charge in [-0.25, -0.2) is 4.79 Å². The number of ether oxygens (including phenoxy) is 1. The summed E-state index contributed by atoms with van der Waals surface area (Å²) in [7, 11) is 2.88. The van der Waals surface area contributed by atoms with Crippen molar-refractivity contribution in [3.63, 3.8) is 0 Å². The maximum absolute atomic E-state index is 12.1. The summed E-state index contributed by atoms with van der Waals surface area (Å²) in [4.78, 5) is 37.0. The fraction of sp³-hybridized carbons (Fsp3) is 0.750. The molecule has 0 saturated carbocycles. The lowest BCUT2D eigenvalue weighted by Gasteiger charge is -2.24. The number of hydrogen-bond donors (Lipinski definition) is 1. The number of carboxylic acid groups (broad SMARTS) is 1. The minimum atomic E-state index is -0.875. The van der Waals surface area contributed by atoms with Crippen LogP contribution in [0.3, 0.4) is 0 Å². The van der Waals surface area contributed by atoms with Gasteiger partial charge in [0.2, 0.25) is 0 Å². The molecule has 0 aromatic rings. The van der Waals surface area contributed by atoms with Gasteiger partial charge in [0.1, 0.15) is 0 Å². The minimum Gasteiger partial charge on any atom is -0.481 e. The molecule has 1 rings (SSSR count). The highest BCUT2D eigenvalue weighted by atomic mass is 16.5. The van der Waals surface area contributed by atoms with Crippen molar-refractivity contribution in [2.75, 3.05) is 33.8 Å². The first-order valence-corrected chi connectivity index (χ1v) is 6.16. The molecular formula is C12H20N2O5. The van der Waals surface area contributed by atoms with E-state index < -0.39 is 11.9 Å². The first kappa shape index (κ1) is 15.3. The second-order valence-corrected chi connectivity index (χ2v) is 4.86. The first-order chi connectivity index (χ1) is 8.86. The molecule has 19 heavy (non-hydrogen) atoms. The van der Waals surface area contributed by atoms with E-state index in [1.807, 2.05) is 6.92 Å². The number of amides is 2. The van der Waals surface area contributed by atoms with Crippen LogP contribution in [0.15, 0.2) is 0 Å². The summed E-state index contributed by atoms with van der Waals surface area (Å²) in [6.07, 6.45) is 0.129. The van der Waals surface area contributed by atoms with Crippen molar-refractivity contribution in [2.45, 2.75) is 13.3 Å². The van der Waals surface area contributed by atoms with Crippen molar-refractivity contribution in [3.8, 4) is 0 Å². The largest absolute Gasteiger partial charge is 0.481 e. The Morgan fingerprint density at radius 1 is 1.37 bits per heavy atom. The summed E-state index contributed by atoms with van der Waals surface area (Å²) in [5.74, 6) is -1.83. The van der Waals surface area contributed by atoms with Gasteiger partial charge in [0.25, 0.3) is 0 Å². The maximum Gasteiger partial charge on any atom is 0.319 e. The molecule has 1 heterocycles. The van der Waals surface area contributed by atoms with Gasteiger partial charge in [0, 0.05) is 26.7 Å². The van der Waals surface area contributed by atoms with Crippen LogP contribution in [0.4, 0.5) is 4.79 Å². The van der Waals surface area contributed by atoms with Crippen LogP contribution in [0.1, 0.15) is 13.3 Å². The molecule has 7 nitrogen and oxygen atoms in total. The number of likely N-dealkylation sites (tertiary alicyclic amines) is 1. The van der Waals surface area contributed by atoms with E-state index in [1.165, 1.54) is 16.9 Å². The van der Waals surface area contributed by atoms with Crippen molar-refractivity contribution in [1.29, 1.82) is 0 Å². The number of aliphatic carboxylic acids is 1. The normalized spacial score (nSPS) is 22.2. The number of esters is 1. The van der Waals surface area contributed by atoms with Crippen molar-refractivity contribution in [2.24, 2.45) is 11.8 Å². The van der Waals surface area contributed by atoms with Gasteiger partial charge in [0.15, 0.2) is 0 Å². The van der Waals surface area contributed by atoms with Gasteiger partial charge in [-0.2, -0.15) is 0 Å². The average Bonchev–Trinajstić information content (AvgIpc) is 2.76. The predicted octanol–water partition coefficient (Wildman–Crippen LogP) is 0.254. The number of carbonyl (C=O) groups is 3. The first-order valence-electron chi connectivity index (χ1n) is 6.16. The van der Waals surface area contributed by atoms with E-state index in [-0.39, 0.29) is 37.4 Å². The van der Waals surface area contributed by atoms with E-state index in [2.05, 4.69) is 4.74 Å². The van der Waals surface area contributed by atoms with Crippen molar-refractivity contribution >= 4 is 18.0 Å². The fourth-order valence-corrected chi connectivity index (χ4v) is 2.14. The van der Waals surface area contributed by atoms with E-state index in [1.54, 1.807) is 7.05 Å². The van der Waals surface area contributed by atoms with E-state index in [9.17, 15) is 14.4 Å². The maximum atomic E-state index is 12.1. The van der Waals surface area contributed by atoms with Crippen LogP contribution in [0.2, 0.25) is 0 Å². The van der Waals surface area contributed by atoms with E-state index in [0.29, 0.717) is 6.54 Å². The number of nitrogens with zero attached hydrogens (tertiary/aromatic N) is 2. The second kappa shape index (κ2) is 6.40. The SMILES string of the molecule is COC(=O)CCN(C)C(=O)N1C[C@@H](C)[C@H](C(=O)O)C1. The number of carboxylic acids is 1. The summed E-state index contributed by atoms with van der Waals surface area (Å²) >= 11 is 0. The molecule has 1 N–H and O–H groups in total. The van der Waals surface area contributed by atoms with Crippen LogP contribution in [0, 0.1) is 11.8 Å². The zero-order valence-electron chi connectivity index (χ0n) is 11.5.